The molecule has 0 heterocycles. The number of rotatable bonds is 6. The van der Waals surface area contributed by atoms with E-state index in [2.05, 4.69) is 24.3 Å². The van der Waals surface area contributed by atoms with Crippen molar-refractivity contribution in [3.8, 4) is 0 Å². The molecule has 2 heteroatoms. The fraction of sp³-hybridized carbons (Fsp3) is 0.600. The largest absolute Gasteiger partial charge is 0.374 e. The Hall–Kier alpha value is -0.530. The monoisotopic (exact) mass is 252 g/mol. The van der Waals surface area contributed by atoms with E-state index in [0.717, 1.165) is 25.3 Å². The Bertz CT molecular complexity index is 337. The van der Waals surface area contributed by atoms with E-state index in [1.165, 1.54) is 36.8 Å². The van der Waals surface area contributed by atoms with Crippen molar-refractivity contribution >= 4 is 11.6 Å². The van der Waals surface area contributed by atoms with Gasteiger partial charge in [-0.3, -0.25) is 0 Å². The van der Waals surface area contributed by atoms with Gasteiger partial charge in [0.25, 0.3) is 0 Å². The van der Waals surface area contributed by atoms with Crippen LogP contribution in [0, 0.1) is 0 Å². The van der Waals surface area contributed by atoms with Crippen molar-refractivity contribution in [1.29, 1.82) is 0 Å². The summed E-state index contributed by atoms with van der Waals surface area (Å²) in [6, 6.07) is 8.70. The van der Waals surface area contributed by atoms with Crippen LogP contribution in [-0.2, 0) is 11.2 Å². The number of ether oxygens (including phenoxy) is 1. The van der Waals surface area contributed by atoms with E-state index in [1.807, 2.05) is 0 Å². The maximum atomic E-state index is 6.01. The number of fused-ring (bicyclic) bond motifs is 1. The normalized spacial score (nSPS) is 19.0. The first-order valence-electron chi connectivity index (χ1n) is 6.67. The van der Waals surface area contributed by atoms with Crippen LogP contribution in [0.25, 0.3) is 0 Å². The van der Waals surface area contributed by atoms with Crippen LogP contribution in [0.5, 0.6) is 0 Å². The Morgan fingerprint density at radius 3 is 2.94 bits per heavy atom. The highest BCUT2D eigenvalue weighted by Gasteiger charge is 2.19. The number of aryl methyl sites for hydroxylation is 1. The molecule has 0 bridgehead atoms. The molecule has 0 aromatic heterocycles. The second kappa shape index (κ2) is 7.03. The van der Waals surface area contributed by atoms with Crippen LogP contribution in [0.15, 0.2) is 24.3 Å². The summed E-state index contributed by atoms with van der Waals surface area (Å²) in [6.07, 6.45) is 7.38. The maximum Gasteiger partial charge on any atom is 0.0827 e. The van der Waals surface area contributed by atoms with Crippen molar-refractivity contribution in [3.05, 3.63) is 35.4 Å². The van der Waals surface area contributed by atoms with E-state index in [-0.39, 0.29) is 0 Å². The molecular weight excluding hydrogens is 232 g/mol. The molecule has 1 aromatic rings. The lowest BCUT2D eigenvalue weighted by molar-refractivity contribution is 0.0384. The van der Waals surface area contributed by atoms with Crippen LogP contribution in [0.3, 0.4) is 0 Å². The second-order valence-electron chi connectivity index (χ2n) is 4.70. The molecule has 1 nitrogen and oxygen atoms in total. The van der Waals surface area contributed by atoms with Crippen LogP contribution in [0.2, 0.25) is 0 Å². The quantitative estimate of drug-likeness (QED) is 0.535. The van der Waals surface area contributed by atoms with Crippen molar-refractivity contribution < 1.29 is 4.74 Å². The maximum absolute atomic E-state index is 6.01. The fourth-order valence-electron chi connectivity index (χ4n) is 2.48. The van der Waals surface area contributed by atoms with Crippen molar-refractivity contribution in [2.24, 2.45) is 0 Å². The van der Waals surface area contributed by atoms with Gasteiger partial charge in [0, 0.05) is 12.5 Å². The summed E-state index contributed by atoms with van der Waals surface area (Å²) in [7, 11) is 0. The molecule has 1 aromatic carbocycles. The summed E-state index contributed by atoms with van der Waals surface area (Å²) in [5.41, 5.74) is 2.89. The lowest BCUT2D eigenvalue weighted by Gasteiger charge is -2.25. The highest BCUT2D eigenvalue weighted by molar-refractivity contribution is 6.17. The molecule has 0 saturated heterocycles. The van der Waals surface area contributed by atoms with Gasteiger partial charge in [0.05, 0.1) is 6.10 Å². The molecule has 0 aliphatic heterocycles. The van der Waals surface area contributed by atoms with E-state index in [0.29, 0.717) is 6.10 Å². The Kier molecular flexibility index (Phi) is 5.34. The van der Waals surface area contributed by atoms with Gasteiger partial charge in [0.15, 0.2) is 0 Å². The van der Waals surface area contributed by atoms with Crippen LogP contribution >= 0.6 is 11.6 Å². The third kappa shape index (κ3) is 3.72. The highest BCUT2D eigenvalue weighted by Crippen LogP contribution is 2.32. The minimum absolute atomic E-state index is 0.330. The smallest absolute Gasteiger partial charge is 0.0827 e. The minimum atomic E-state index is 0.330. The molecule has 1 aliphatic rings. The van der Waals surface area contributed by atoms with Crippen LogP contribution in [-0.4, -0.2) is 12.5 Å². The molecule has 0 N–H and O–H groups in total. The number of benzene rings is 1. The number of hydrogen-bond acceptors (Lipinski definition) is 1. The summed E-state index contributed by atoms with van der Waals surface area (Å²) >= 11 is 5.66. The molecule has 94 valence electrons. The van der Waals surface area contributed by atoms with Gasteiger partial charge in [0.1, 0.15) is 0 Å². The first-order chi connectivity index (χ1) is 8.42. The van der Waals surface area contributed by atoms with E-state index >= 15 is 0 Å². The van der Waals surface area contributed by atoms with E-state index in [4.69, 9.17) is 16.3 Å². The molecule has 1 unspecified atom stereocenters. The van der Waals surface area contributed by atoms with Crippen molar-refractivity contribution in [3.63, 3.8) is 0 Å². The number of alkyl halides is 1. The minimum Gasteiger partial charge on any atom is -0.374 e. The SMILES string of the molecule is ClCCCCCOC1CCCc2ccccc21. The molecule has 0 saturated carbocycles. The van der Waals surface area contributed by atoms with Crippen LogP contribution < -0.4 is 0 Å². The molecule has 0 radical (unpaired) electrons. The lowest BCUT2D eigenvalue weighted by atomic mass is 9.89. The Balaban J connectivity index is 1.82. The summed E-state index contributed by atoms with van der Waals surface area (Å²) in [5.74, 6) is 0.770. The van der Waals surface area contributed by atoms with E-state index in [1.54, 1.807) is 0 Å². The molecule has 17 heavy (non-hydrogen) atoms. The van der Waals surface area contributed by atoms with Gasteiger partial charge in [-0.1, -0.05) is 24.3 Å². The third-order valence-corrected chi connectivity index (χ3v) is 3.68. The van der Waals surface area contributed by atoms with Crippen LogP contribution in [0.4, 0.5) is 0 Å². The number of hydrogen-bond donors (Lipinski definition) is 0. The molecule has 0 spiro atoms. The zero-order valence-electron chi connectivity index (χ0n) is 10.3. The number of unbranched alkanes of at least 4 members (excludes halogenated alkanes) is 2. The summed E-state index contributed by atoms with van der Waals surface area (Å²) < 4.78 is 6.01. The van der Waals surface area contributed by atoms with Gasteiger partial charge >= 0.3 is 0 Å². The standard InChI is InChI=1S/C15H21ClO/c16-11-4-1-5-12-17-15-10-6-8-13-7-2-3-9-14(13)15/h2-3,7,9,15H,1,4-6,8,10-12H2. The first kappa shape index (κ1) is 12.9. The Labute approximate surface area is 109 Å². The number of halogens is 1. The van der Waals surface area contributed by atoms with E-state index < -0.39 is 0 Å². The van der Waals surface area contributed by atoms with Gasteiger partial charge in [-0.15, -0.1) is 11.6 Å². The van der Waals surface area contributed by atoms with Gasteiger partial charge in [-0.25, -0.2) is 0 Å². The second-order valence-corrected chi connectivity index (χ2v) is 5.08. The van der Waals surface area contributed by atoms with Gasteiger partial charge in [0.2, 0.25) is 0 Å². The zero-order chi connectivity index (χ0) is 11.9. The molecule has 2 rings (SSSR count). The lowest BCUT2D eigenvalue weighted by Crippen LogP contribution is -2.13. The van der Waals surface area contributed by atoms with E-state index in [9.17, 15) is 0 Å². The van der Waals surface area contributed by atoms with Gasteiger partial charge < -0.3 is 4.74 Å². The van der Waals surface area contributed by atoms with Gasteiger partial charge in [-0.2, -0.15) is 0 Å². The topological polar surface area (TPSA) is 9.23 Å². The summed E-state index contributed by atoms with van der Waals surface area (Å²) in [6.45, 7) is 0.871. The third-order valence-electron chi connectivity index (χ3n) is 3.41. The Morgan fingerprint density at radius 1 is 1.18 bits per heavy atom. The molecule has 0 fully saturated rings. The average molecular weight is 253 g/mol. The molecule has 1 atom stereocenters. The van der Waals surface area contributed by atoms with Crippen molar-refractivity contribution in [2.45, 2.75) is 44.6 Å². The molecular formula is C15H21ClO. The first-order valence-corrected chi connectivity index (χ1v) is 7.20. The predicted octanol–water partition coefficient (Wildman–Crippen LogP) is 4.49. The summed E-state index contributed by atoms with van der Waals surface area (Å²) in [5, 5.41) is 0. The molecule has 1 aliphatic carbocycles. The zero-order valence-corrected chi connectivity index (χ0v) is 11.1. The van der Waals surface area contributed by atoms with Crippen molar-refractivity contribution in [2.75, 3.05) is 12.5 Å². The van der Waals surface area contributed by atoms with Gasteiger partial charge in [-0.05, 0) is 49.7 Å². The Morgan fingerprint density at radius 2 is 2.06 bits per heavy atom. The predicted molar refractivity (Wildman–Crippen MR) is 72.6 cm³/mol. The highest BCUT2D eigenvalue weighted by atomic mass is 35.5. The van der Waals surface area contributed by atoms with Crippen molar-refractivity contribution in [1.82, 2.24) is 0 Å². The fourth-order valence-corrected chi connectivity index (χ4v) is 2.67. The summed E-state index contributed by atoms with van der Waals surface area (Å²) in [4.78, 5) is 0. The van der Waals surface area contributed by atoms with Crippen LogP contribution in [0.1, 0.15) is 49.3 Å². The molecule has 0 amide bonds. The average Bonchev–Trinajstić information content (AvgIpc) is 2.39.